The van der Waals surface area contributed by atoms with Crippen LogP contribution in [0.4, 0.5) is 0 Å². The van der Waals surface area contributed by atoms with E-state index in [9.17, 15) is 4.79 Å². The Morgan fingerprint density at radius 1 is 1.73 bits per heavy atom. The summed E-state index contributed by atoms with van der Waals surface area (Å²) in [5, 5.41) is 15.4. The van der Waals surface area contributed by atoms with Crippen molar-refractivity contribution in [3.05, 3.63) is 10.5 Å². The SMILES string of the molecule is CCCCn1c(S[C@@H](C)C#N)n[nH]c1=O. The van der Waals surface area contributed by atoms with E-state index < -0.39 is 0 Å². The predicted octanol–water partition coefficient (Wildman–Crippen LogP) is 1.38. The molecule has 0 spiro atoms. The van der Waals surface area contributed by atoms with Gasteiger partial charge in [-0.15, -0.1) is 5.10 Å². The van der Waals surface area contributed by atoms with Crippen LogP contribution >= 0.6 is 11.8 Å². The van der Waals surface area contributed by atoms with Crippen molar-refractivity contribution in [2.24, 2.45) is 0 Å². The second-order valence-corrected chi connectivity index (χ2v) is 4.51. The molecule has 0 aliphatic rings. The van der Waals surface area contributed by atoms with Crippen LogP contribution in [-0.2, 0) is 6.54 Å². The van der Waals surface area contributed by atoms with Crippen LogP contribution in [0.5, 0.6) is 0 Å². The fourth-order valence-electron chi connectivity index (χ4n) is 1.09. The first kappa shape index (κ1) is 11.9. The van der Waals surface area contributed by atoms with E-state index in [2.05, 4.69) is 23.2 Å². The second kappa shape index (κ2) is 5.61. The quantitative estimate of drug-likeness (QED) is 0.769. The molecule has 0 saturated carbocycles. The zero-order valence-corrected chi connectivity index (χ0v) is 9.67. The van der Waals surface area contributed by atoms with Crippen LogP contribution in [0.3, 0.4) is 0 Å². The molecule has 0 saturated heterocycles. The highest BCUT2D eigenvalue weighted by Gasteiger charge is 2.11. The van der Waals surface area contributed by atoms with Crippen molar-refractivity contribution < 1.29 is 0 Å². The van der Waals surface area contributed by atoms with Crippen molar-refractivity contribution in [1.82, 2.24) is 14.8 Å². The number of unbranched alkanes of at least 4 members (excludes halogenated alkanes) is 1. The highest BCUT2D eigenvalue weighted by molar-refractivity contribution is 8.00. The van der Waals surface area contributed by atoms with E-state index in [1.807, 2.05) is 0 Å². The van der Waals surface area contributed by atoms with Gasteiger partial charge in [0.05, 0.1) is 11.3 Å². The lowest BCUT2D eigenvalue weighted by Crippen LogP contribution is -2.17. The number of thioether (sulfide) groups is 1. The summed E-state index contributed by atoms with van der Waals surface area (Å²) < 4.78 is 1.59. The third-order valence-electron chi connectivity index (χ3n) is 1.92. The number of hydrogen-bond donors (Lipinski definition) is 1. The molecule has 1 N–H and O–H groups in total. The molecule has 0 unspecified atom stereocenters. The average molecular weight is 226 g/mol. The van der Waals surface area contributed by atoms with E-state index in [-0.39, 0.29) is 10.9 Å². The van der Waals surface area contributed by atoms with Gasteiger partial charge in [-0.25, -0.2) is 9.89 Å². The Morgan fingerprint density at radius 2 is 2.47 bits per heavy atom. The Bertz CT molecular complexity index is 403. The molecule has 0 radical (unpaired) electrons. The first-order chi connectivity index (χ1) is 7.19. The Hall–Kier alpha value is -1.22. The minimum atomic E-state index is -0.198. The lowest BCUT2D eigenvalue weighted by Gasteiger charge is -2.04. The molecule has 82 valence electrons. The molecule has 0 fully saturated rings. The average Bonchev–Trinajstić information content (AvgIpc) is 2.57. The molecule has 0 aliphatic heterocycles. The topological polar surface area (TPSA) is 74.5 Å². The number of aromatic amines is 1. The maximum absolute atomic E-state index is 11.4. The van der Waals surface area contributed by atoms with Crippen molar-refractivity contribution in [1.29, 1.82) is 5.26 Å². The van der Waals surface area contributed by atoms with Gasteiger partial charge in [-0.3, -0.25) is 4.57 Å². The van der Waals surface area contributed by atoms with Gasteiger partial charge in [-0.1, -0.05) is 25.1 Å². The number of nitriles is 1. The van der Waals surface area contributed by atoms with Crippen LogP contribution in [0.1, 0.15) is 26.7 Å². The van der Waals surface area contributed by atoms with Gasteiger partial charge >= 0.3 is 5.69 Å². The molecule has 1 atom stereocenters. The molecule has 6 heteroatoms. The first-order valence-corrected chi connectivity index (χ1v) is 5.78. The largest absolute Gasteiger partial charge is 0.343 e. The Balaban J connectivity index is 2.80. The van der Waals surface area contributed by atoms with E-state index in [0.29, 0.717) is 11.7 Å². The smallest absolute Gasteiger partial charge is 0.270 e. The third kappa shape index (κ3) is 3.13. The summed E-state index contributed by atoms with van der Waals surface area (Å²) >= 11 is 1.30. The van der Waals surface area contributed by atoms with Crippen LogP contribution in [0, 0.1) is 11.3 Å². The van der Waals surface area contributed by atoms with E-state index in [1.165, 1.54) is 11.8 Å². The normalized spacial score (nSPS) is 12.3. The van der Waals surface area contributed by atoms with E-state index >= 15 is 0 Å². The molecule has 0 aromatic carbocycles. The van der Waals surface area contributed by atoms with Crippen molar-refractivity contribution in [3.8, 4) is 6.07 Å². The summed E-state index contributed by atoms with van der Waals surface area (Å²) in [6, 6.07) is 2.10. The van der Waals surface area contributed by atoms with Crippen molar-refractivity contribution >= 4 is 11.8 Å². The summed E-state index contributed by atoms with van der Waals surface area (Å²) in [4.78, 5) is 11.4. The maximum Gasteiger partial charge on any atom is 0.343 e. The summed E-state index contributed by atoms with van der Waals surface area (Å²) in [7, 11) is 0. The van der Waals surface area contributed by atoms with Gasteiger partial charge in [0.25, 0.3) is 0 Å². The van der Waals surface area contributed by atoms with Crippen molar-refractivity contribution in [2.45, 2.75) is 43.6 Å². The summed E-state index contributed by atoms with van der Waals surface area (Å²) in [6.45, 7) is 4.51. The maximum atomic E-state index is 11.4. The van der Waals surface area contributed by atoms with Crippen LogP contribution < -0.4 is 5.69 Å². The number of nitrogens with zero attached hydrogens (tertiary/aromatic N) is 3. The van der Waals surface area contributed by atoms with Crippen LogP contribution in [0.25, 0.3) is 0 Å². The van der Waals surface area contributed by atoms with E-state index in [4.69, 9.17) is 5.26 Å². The minimum absolute atomic E-state index is 0.194. The van der Waals surface area contributed by atoms with E-state index in [1.54, 1.807) is 11.5 Å². The molecule has 15 heavy (non-hydrogen) atoms. The lowest BCUT2D eigenvalue weighted by atomic mass is 10.3. The molecular formula is C9H14N4OS. The van der Waals surface area contributed by atoms with Crippen molar-refractivity contribution in [2.75, 3.05) is 0 Å². The fourth-order valence-corrected chi connectivity index (χ4v) is 1.86. The number of nitrogens with one attached hydrogen (secondary N) is 1. The molecule has 1 aromatic rings. The molecule has 0 aliphatic carbocycles. The van der Waals surface area contributed by atoms with Gasteiger partial charge < -0.3 is 0 Å². The standard InChI is InChI=1S/C9H14N4OS/c1-3-4-5-13-8(14)11-12-9(13)15-7(2)6-10/h7H,3-5H2,1-2H3,(H,11,14)/t7-/m0/s1. The first-order valence-electron chi connectivity index (χ1n) is 4.90. The Kier molecular flexibility index (Phi) is 4.43. The Labute approximate surface area is 92.5 Å². The molecule has 1 aromatic heterocycles. The number of hydrogen-bond acceptors (Lipinski definition) is 4. The summed E-state index contributed by atoms with van der Waals surface area (Å²) in [5.41, 5.74) is -0.198. The monoisotopic (exact) mass is 226 g/mol. The number of aromatic nitrogens is 3. The molecule has 0 bridgehead atoms. The van der Waals surface area contributed by atoms with Gasteiger partial charge in [-0.2, -0.15) is 5.26 Å². The van der Waals surface area contributed by atoms with Crippen LogP contribution in [0.2, 0.25) is 0 Å². The number of rotatable bonds is 5. The van der Waals surface area contributed by atoms with Crippen LogP contribution in [-0.4, -0.2) is 20.0 Å². The van der Waals surface area contributed by atoms with Gasteiger partial charge in [0.1, 0.15) is 0 Å². The minimum Gasteiger partial charge on any atom is -0.270 e. The van der Waals surface area contributed by atoms with Gasteiger partial charge in [-0.05, 0) is 13.3 Å². The Morgan fingerprint density at radius 3 is 3.07 bits per heavy atom. The van der Waals surface area contributed by atoms with E-state index in [0.717, 1.165) is 12.8 Å². The molecule has 5 nitrogen and oxygen atoms in total. The molecule has 0 amide bonds. The highest BCUT2D eigenvalue weighted by atomic mass is 32.2. The fraction of sp³-hybridized carbons (Fsp3) is 0.667. The molecule has 1 heterocycles. The zero-order chi connectivity index (χ0) is 11.3. The number of H-pyrrole nitrogens is 1. The van der Waals surface area contributed by atoms with Crippen molar-refractivity contribution in [3.63, 3.8) is 0 Å². The second-order valence-electron chi connectivity index (χ2n) is 3.21. The van der Waals surface area contributed by atoms with Gasteiger partial charge in [0.2, 0.25) is 0 Å². The molecule has 1 rings (SSSR count). The predicted molar refractivity (Wildman–Crippen MR) is 58.7 cm³/mol. The highest BCUT2D eigenvalue weighted by Crippen LogP contribution is 2.18. The lowest BCUT2D eigenvalue weighted by molar-refractivity contribution is 0.572. The van der Waals surface area contributed by atoms with Gasteiger partial charge in [0, 0.05) is 6.54 Å². The zero-order valence-electron chi connectivity index (χ0n) is 8.86. The third-order valence-corrected chi connectivity index (χ3v) is 2.90. The summed E-state index contributed by atoms with van der Waals surface area (Å²) in [5.74, 6) is 0. The van der Waals surface area contributed by atoms with Crippen LogP contribution in [0.15, 0.2) is 9.95 Å². The van der Waals surface area contributed by atoms with Gasteiger partial charge in [0.15, 0.2) is 5.16 Å². The summed E-state index contributed by atoms with van der Waals surface area (Å²) in [6.07, 6.45) is 1.96. The molecular weight excluding hydrogens is 212 g/mol.